The minimum Gasteiger partial charge on any atom is -0.325 e. The first-order chi connectivity index (χ1) is 8.65. The van der Waals surface area contributed by atoms with Crippen LogP contribution in [0.5, 0.6) is 0 Å². The van der Waals surface area contributed by atoms with E-state index in [2.05, 4.69) is 26.2 Å². The predicted octanol–water partition coefficient (Wildman–Crippen LogP) is 3.14. The van der Waals surface area contributed by atoms with Crippen molar-refractivity contribution in [3.05, 3.63) is 28.6 Å². The number of aromatic nitrogens is 2. The number of pyridine rings is 1. The zero-order valence-corrected chi connectivity index (χ0v) is 11.7. The SMILES string of the molecule is Cc1nc2ccc(NC(=O)C3CCC3)cn2c1Br. The van der Waals surface area contributed by atoms with Gasteiger partial charge < -0.3 is 5.32 Å². The van der Waals surface area contributed by atoms with E-state index in [0.717, 1.165) is 34.5 Å². The van der Waals surface area contributed by atoms with Gasteiger partial charge >= 0.3 is 0 Å². The molecule has 2 aromatic heterocycles. The minimum absolute atomic E-state index is 0.133. The number of amides is 1. The lowest BCUT2D eigenvalue weighted by atomic mass is 9.85. The first-order valence-corrected chi connectivity index (χ1v) is 6.89. The average Bonchev–Trinajstić information content (AvgIpc) is 2.53. The van der Waals surface area contributed by atoms with Crippen LogP contribution in [0, 0.1) is 12.8 Å². The summed E-state index contributed by atoms with van der Waals surface area (Å²) in [6.07, 6.45) is 5.10. The molecule has 0 radical (unpaired) electrons. The van der Waals surface area contributed by atoms with E-state index in [-0.39, 0.29) is 11.8 Å². The van der Waals surface area contributed by atoms with Gasteiger partial charge in [-0.15, -0.1) is 0 Å². The summed E-state index contributed by atoms with van der Waals surface area (Å²) in [5, 5.41) is 2.96. The quantitative estimate of drug-likeness (QED) is 0.926. The Morgan fingerprint density at radius 3 is 2.94 bits per heavy atom. The number of fused-ring (bicyclic) bond motifs is 1. The van der Waals surface area contributed by atoms with E-state index in [9.17, 15) is 4.79 Å². The maximum atomic E-state index is 11.9. The van der Waals surface area contributed by atoms with E-state index in [0.29, 0.717) is 0 Å². The Morgan fingerprint density at radius 2 is 2.28 bits per heavy atom. The van der Waals surface area contributed by atoms with Crippen molar-refractivity contribution in [1.82, 2.24) is 9.38 Å². The van der Waals surface area contributed by atoms with Crippen LogP contribution in [0.2, 0.25) is 0 Å². The normalized spacial score (nSPS) is 15.7. The molecule has 0 aliphatic heterocycles. The van der Waals surface area contributed by atoms with Crippen LogP contribution in [0.4, 0.5) is 5.69 Å². The van der Waals surface area contributed by atoms with Crippen molar-refractivity contribution in [3.63, 3.8) is 0 Å². The van der Waals surface area contributed by atoms with Crippen LogP contribution in [0.25, 0.3) is 5.65 Å². The number of hydrogen-bond acceptors (Lipinski definition) is 2. The molecular weight excluding hydrogens is 294 g/mol. The second-order valence-electron chi connectivity index (χ2n) is 4.75. The highest BCUT2D eigenvalue weighted by Gasteiger charge is 2.25. The standard InChI is InChI=1S/C13H14BrN3O/c1-8-12(14)17-7-10(5-6-11(17)15-8)16-13(18)9-3-2-4-9/h5-7,9H,2-4H2,1H3,(H,16,18). The fourth-order valence-electron chi connectivity index (χ4n) is 2.12. The molecule has 0 bridgehead atoms. The Labute approximate surface area is 114 Å². The van der Waals surface area contributed by atoms with Gasteiger partial charge in [0.25, 0.3) is 0 Å². The zero-order valence-electron chi connectivity index (χ0n) is 10.1. The van der Waals surface area contributed by atoms with E-state index in [1.807, 2.05) is 29.7 Å². The van der Waals surface area contributed by atoms with E-state index >= 15 is 0 Å². The number of imidazole rings is 1. The topological polar surface area (TPSA) is 46.4 Å². The van der Waals surface area contributed by atoms with Crippen LogP contribution in [0.3, 0.4) is 0 Å². The van der Waals surface area contributed by atoms with Gasteiger partial charge in [0.05, 0.1) is 11.4 Å². The number of anilines is 1. The molecule has 2 heterocycles. The number of aryl methyl sites for hydroxylation is 1. The summed E-state index contributed by atoms with van der Waals surface area (Å²) in [6.45, 7) is 1.95. The van der Waals surface area contributed by atoms with Crippen molar-refractivity contribution in [2.24, 2.45) is 5.92 Å². The highest BCUT2D eigenvalue weighted by atomic mass is 79.9. The van der Waals surface area contributed by atoms with Gasteiger partial charge in [-0.3, -0.25) is 9.20 Å². The van der Waals surface area contributed by atoms with Crippen LogP contribution >= 0.6 is 15.9 Å². The molecule has 0 spiro atoms. The Kier molecular flexibility index (Phi) is 2.86. The summed E-state index contributed by atoms with van der Waals surface area (Å²) in [5.74, 6) is 0.335. The predicted molar refractivity (Wildman–Crippen MR) is 73.6 cm³/mol. The van der Waals surface area contributed by atoms with Gasteiger partial charge in [0, 0.05) is 12.1 Å². The summed E-state index contributed by atoms with van der Waals surface area (Å²) >= 11 is 3.49. The van der Waals surface area contributed by atoms with Crippen molar-refractivity contribution in [2.45, 2.75) is 26.2 Å². The molecular formula is C13H14BrN3O. The molecule has 0 aromatic carbocycles. The van der Waals surface area contributed by atoms with Crippen molar-refractivity contribution in [2.75, 3.05) is 5.32 Å². The lowest BCUT2D eigenvalue weighted by Gasteiger charge is -2.24. The van der Waals surface area contributed by atoms with E-state index in [4.69, 9.17) is 0 Å². The Hall–Kier alpha value is -1.36. The van der Waals surface area contributed by atoms with Crippen LogP contribution < -0.4 is 5.32 Å². The van der Waals surface area contributed by atoms with Crippen LogP contribution in [0.15, 0.2) is 22.9 Å². The summed E-state index contributed by atoms with van der Waals surface area (Å²) in [6, 6.07) is 3.80. The van der Waals surface area contributed by atoms with Gasteiger partial charge in [0.1, 0.15) is 10.3 Å². The first-order valence-electron chi connectivity index (χ1n) is 6.10. The molecule has 4 nitrogen and oxygen atoms in total. The number of nitrogens with zero attached hydrogens (tertiary/aromatic N) is 2. The molecule has 1 aliphatic rings. The van der Waals surface area contributed by atoms with E-state index < -0.39 is 0 Å². The van der Waals surface area contributed by atoms with E-state index in [1.54, 1.807) is 0 Å². The highest BCUT2D eigenvalue weighted by Crippen LogP contribution is 2.28. The number of rotatable bonds is 2. The van der Waals surface area contributed by atoms with Crippen LogP contribution in [-0.2, 0) is 4.79 Å². The molecule has 0 unspecified atom stereocenters. The number of nitrogens with one attached hydrogen (secondary N) is 1. The summed E-state index contributed by atoms with van der Waals surface area (Å²) in [4.78, 5) is 16.3. The molecule has 1 saturated carbocycles. The highest BCUT2D eigenvalue weighted by molar-refractivity contribution is 9.10. The lowest BCUT2D eigenvalue weighted by molar-refractivity contribution is -0.122. The molecule has 1 fully saturated rings. The summed E-state index contributed by atoms with van der Waals surface area (Å²) in [5.41, 5.74) is 2.64. The molecule has 1 aliphatic carbocycles. The number of carbonyl (C=O) groups excluding carboxylic acids is 1. The second kappa shape index (κ2) is 4.39. The Bertz CT molecular complexity index is 616. The van der Waals surface area contributed by atoms with Gasteiger partial charge in [0.2, 0.25) is 5.91 Å². The van der Waals surface area contributed by atoms with Crippen molar-refractivity contribution in [1.29, 1.82) is 0 Å². The molecule has 5 heteroatoms. The third kappa shape index (κ3) is 1.92. The molecule has 1 N–H and O–H groups in total. The molecule has 3 rings (SSSR count). The Balaban J connectivity index is 1.88. The van der Waals surface area contributed by atoms with Gasteiger partial charge in [-0.2, -0.15) is 0 Å². The van der Waals surface area contributed by atoms with Crippen LogP contribution in [0.1, 0.15) is 25.0 Å². The van der Waals surface area contributed by atoms with Crippen LogP contribution in [-0.4, -0.2) is 15.3 Å². The largest absolute Gasteiger partial charge is 0.325 e. The smallest absolute Gasteiger partial charge is 0.227 e. The maximum absolute atomic E-state index is 11.9. The third-order valence-electron chi connectivity index (χ3n) is 3.46. The van der Waals surface area contributed by atoms with Crippen molar-refractivity contribution >= 4 is 33.2 Å². The van der Waals surface area contributed by atoms with E-state index in [1.165, 1.54) is 6.42 Å². The van der Waals surface area contributed by atoms with Gasteiger partial charge in [-0.1, -0.05) is 6.42 Å². The van der Waals surface area contributed by atoms with Gasteiger partial charge in [-0.05, 0) is 47.8 Å². The Morgan fingerprint density at radius 1 is 1.50 bits per heavy atom. The zero-order chi connectivity index (χ0) is 12.7. The third-order valence-corrected chi connectivity index (χ3v) is 4.42. The summed E-state index contributed by atoms with van der Waals surface area (Å²) in [7, 11) is 0. The number of carbonyl (C=O) groups is 1. The first kappa shape index (κ1) is 11.7. The molecule has 18 heavy (non-hydrogen) atoms. The number of halogens is 1. The number of hydrogen-bond donors (Lipinski definition) is 1. The van der Waals surface area contributed by atoms with Crippen molar-refractivity contribution in [3.8, 4) is 0 Å². The van der Waals surface area contributed by atoms with Gasteiger partial charge in [-0.25, -0.2) is 4.98 Å². The minimum atomic E-state index is 0.133. The second-order valence-corrected chi connectivity index (χ2v) is 5.50. The molecule has 0 saturated heterocycles. The molecule has 1 amide bonds. The fraction of sp³-hybridized carbons (Fsp3) is 0.385. The fourth-order valence-corrected chi connectivity index (χ4v) is 2.49. The molecule has 94 valence electrons. The lowest BCUT2D eigenvalue weighted by Crippen LogP contribution is -2.28. The van der Waals surface area contributed by atoms with Gasteiger partial charge in [0.15, 0.2) is 0 Å². The maximum Gasteiger partial charge on any atom is 0.227 e. The average molecular weight is 308 g/mol. The van der Waals surface area contributed by atoms with Crippen molar-refractivity contribution < 1.29 is 4.79 Å². The molecule has 0 atom stereocenters. The monoisotopic (exact) mass is 307 g/mol. The summed E-state index contributed by atoms with van der Waals surface area (Å²) < 4.78 is 2.86. The molecule has 2 aromatic rings.